The summed E-state index contributed by atoms with van der Waals surface area (Å²) in [6.45, 7) is 3.14. The van der Waals surface area contributed by atoms with Crippen LogP contribution in [0.15, 0.2) is 119 Å². The van der Waals surface area contributed by atoms with Gasteiger partial charge in [0.05, 0.1) is 17.3 Å². The second-order valence-corrected chi connectivity index (χ2v) is 18.2. The lowest BCUT2D eigenvalue weighted by Gasteiger charge is -2.36. The number of carbonyl (C=O) groups excluding carboxylic acids is 2. The summed E-state index contributed by atoms with van der Waals surface area (Å²) in [6.07, 6.45) is -0.664. The molecule has 5 aromatic carbocycles. The first-order valence-electron chi connectivity index (χ1n) is 20.0. The standard InChI is InChI=1S/C47H41N5O9S2/c1-28-46(62-47(49-28)50-29(2)53)63(57,58)52-25-37-23-42-41(60-27-43(61-42)35-16-18-38(19-17-35)59-26-32-6-4-3-5-7-32)22-36(37)21-40(52)44(54)51-39(45(55)56)20-30-8-12-33(13-9-30)34-14-10-31(24-48)11-15-34/h3-19,22-23,39-40,43H,20-21,25-27H2,1-2H3,(H,51,54)(H,55,56)(H,49,50,53)/t39-,40?,43+/m0/s1. The fraction of sp³-hybridized carbons (Fsp3) is 0.213. The van der Waals surface area contributed by atoms with Crippen molar-refractivity contribution in [2.45, 2.75) is 62.2 Å². The van der Waals surface area contributed by atoms with E-state index < -0.39 is 46.0 Å². The predicted molar refractivity (Wildman–Crippen MR) is 234 cm³/mol. The third-order valence-corrected chi connectivity index (χ3v) is 14.3. The number of aliphatic carboxylic acids is 1. The Balaban J connectivity index is 1.04. The molecule has 1 unspecified atom stereocenters. The Morgan fingerprint density at radius 2 is 1.62 bits per heavy atom. The van der Waals surface area contributed by atoms with Crippen molar-refractivity contribution < 1.29 is 42.1 Å². The summed E-state index contributed by atoms with van der Waals surface area (Å²) < 4.78 is 48.7. The summed E-state index contributed by atoms with van der Waals surface area (Å²) in [6, 6.07) is 34.4. The molecule has 0 aliphatic carbocycles. The van der Waals surface area contributed by atoms with Gasteiger partial charge in [0.1, 0.15) is 31.0 Å². The van der Waals surface area contributed by atoms with Crippen molar-refractivity contribution in [3.63, 3.8) is 0 Å². The Morgan fingerprint density at radius 3 is 2.29 bits per heavy atom. The Morgan fingerprint density at radius 1 is 0.937 bits per heavy atom. The van der Waals surface area contributed by atoms with Crippen LogP contribution in [0.5, 0.6) is 17.2 Å². The van der Waals surface area contributed by atoms with Gasteiger partial charge in [0, 0.05) is 19.9 Å². The molecule has 0 fully saturated rings. The van der Waals surface area contributed by atoms with Gasteiger partial charge in [0.2, 0.25) is 11.8 Å². The number of ether oxygens (including phenoxy) is 3. The maximum Gasteiger partial charge on any atom is 0.326 e. The Bertz CT molecular complexity index is 2830. The summed E-state index contributed by atoms with van der Waals surface area (Å²) in [5, 5.41) is 24.7. The van der Waals surface area contributed by atoms with Crippen LogP contribution in [0, 0.1) is 18.3 Å². The monoisotopic (exact) mass is 883 g/mol. The number of carbonyl (C=O) groups is 3. The van der Waals surface area contributed by atoms with Gasteiger partial charge >= 0.3 is 5.97 Å². The highest BCUT2D eigenvalue weighted by Gasteiger charge is 2.43. The van der Waals surface area contributed by atoms with Crippen molar-refractivity contribution in [2.24, 2.45) is 0 Å². The molecule has 1 aromatic heterocycles. The number of thiazole rings is 1. The van der Waals surface area contributed by atoms with E-state index in [1.807, 2.05) is 78.9 Å². The highest BCUT2D eigenvalue weighted by molar-refractivity contribution is 7.91. The molecule has 3 atom stereocenters. The summed E-state index contributed by atoms with van der Waals surface area (Å²) in [4.78, 5) is 43.0. The highest BCUT2D eigenvalue weighted by Crippen LogP contribution is 2.42. The number of benzene rings is 5. The van der Waals surface area contributed by atoms with E-state index in [2.05, 4.69) is 21.7 Å². The van der Waals surface area contributed by atoms with Crippen LogP contribution >= 0.6 is 11.3 Å². The third-order valence-electron chi connectivity index (χ3n) is 10.8. The molecule has 2 aliphatic heterocycles. The molecule has 63 heavy (non-hydrogen) atoms. The van der Waals surface area contributed by atoms with Gasteiger partial charge in [-0.25, -0.2) is 18.2 Å². The zero-order valence-electron chi connectivity index (χ0n) is 34.1. The summed E-state index contributed by atoms with van der Waals surface area (Å²) in [5.74, 6) is -1.02. The van der Waals surface area contributed by atoms with Crippen LogP contribution in [-0.4, -0.2) is 59.3 Å². The van der Waals surface area contributed by atoms with Gasteiger partial charge in [-0.1, -0.05) is 90.2 Å². The number of sulfonamides is 1. The first-order valence-corrected chi connectivity index (χ1v) is 22.2. The van der Waals surface area contributed by atoms with E-state index in [1.165, 1.54) is 13.8 Å². The molecule has 16 heteroatoms. The fourth-order valence-corrected chi connectivity index (χ4v) is 10.6. The fourth-order valence-electron chi connectivity index (χ4n) is 7.49. The largest absolute Gasteiger partial charge is 0.489 e. The molecule has 14 nitrogen and oxygen atoms in total. The Hall–Kier alpha value is -7.06. The molecule has 0 spiro atoms. The van der Waals surface area contributed by atoms with Crippen molar-refractivity contribution in [2.75, 3.05) is 11.9 Å². The number of nitriles is 1. The van der Waals surface area contributed by atoms with E-state index in [0.717, 1.165) is 37.9 Å². The quantitative estimate of drug-likeness (QED) is 0.108. The molecule has 320 valence electrons. The summed E-state index contributed by atoms with van der Waals surface area (Å²) >= 11 is 0.762. The van der Waals surface area contributed by atoms with Crippen LogP contribution in [-0.2, 0) is 50.4 Å². The SMILES string of the molecule is CC(=O)Nc1nc(C)c(S(=O)(=O)N2Cc3cc4c(cc3CC2C(=O)N[C@@H](Cc2ccc(-c3ccc(C#N)cc3)cc2)C(=O)O)OC[C@H](c2ccc(OCc3ccccc3)cc2)O4)s1. The minimum Gasteiger partial charge on any atom is -0.489 e. The second-order valence-electron chi connectivity index (χ2n) is 15.2. The average molecular weight is 884 g/mol. The normalized spacial score (nSPS) is 16.2. The van der Waals surface area contributed by atoms with Crippen molar-refractivity contribution in [1.82, 2.24) is 14.6 Å². The van der Waals surface area contributed by atoms with E-state index in [4.69, 9.17) is 19.5 Å². The molecule has 3 N–H and O–H groups in total. The van der Waals surface area contributed by atoms with Crippen LogP contribution < -0.4 is 24.8 Å². The second kappa shape index (κ2) is 18.1. The number of fused-ring (bicyclic) bond motifs is 2. The van der Waals surface area contributed by atoms with Gasteiger partial charge < -0.3 is 30.0 Å². The van der Waals surface area contributed by atoms with Crippen molar-refractivity contribution >= 4 is 44.3 Å². The number of rotatable bonds is 13. The van der Waals surface area contributed by atoms with Crippen molar-refractivity contribution in [1.29, 1.82) is 5.26 Å². The molecule has 0 saturated carbocycles. The van der Waals surface area contributed by atoms with Crippen LogP contribution in [0.1, 0.15) is 52.1 Å². The lowest BCUT2D eigenvalue weighted by atomic mass is 9.94. The van der Waals surface area contributed by atoms with Crippen molar-refractivity contribution in [3.8, 4) is 34.4 Å². The Kier molecular flexibility index (Phi) is 12.3. The van der Waals surface area contributed by atoms with E-state index in [0.29, 0.717) is 46.1 Å². The van der Waals surface area contributed by atoms with E-state index in [1.54, 1.807) is 36.4 Å². The molecular formula is C47H41N5O9S2. The van der Waals surface area contributed by atoms with Gasteiger partial charge in [0.15, 0.2) is 26.9 Å². The van der Waals surface area contributed by atoms with Gasteiger partial charge in [-0.15, -0.1) is 0 Å². The molecule has 0 radical (unpaired) electrons. The first kappa shape index (κ1) is 42.6. The van der Waals surface area contributed by atoms with Crippen LogP contribution in [0.2, 0.25) is 0 Å². The number of nitrogens with one attached hydrogen (secondary N) is 2. The summed E-state index contributed by atoms with van der Waals surface area (Å²) in [5.41, 5.74) is 6.09. The van der Waals surface area contributed by atoms with Gasteiger partial charge in [-0.2, -0.15) is 9.57 Å². The number of aromatic nitrogens is 1. The topological polar surface area (TPSA) is 197 Å². The lowest BCUT2D eigenvalue weighted by Crippen LogP contribution is -2.55. The number of aryl methyl sites for hydroxylation is 1. The molecule has 6 aromatic rings. The number of hydrogen-bond acceptors (Lipinski definition) is 11. The maximum atomic E-state index is 14.6. The molecule has 2 amide bonds. The molecular weight excluding hydrogens is 843 g/mol. The number of hydrogen-bond donors (Lipinski definition) is 3. The van der Waals surface area contributed by atoms with Crippen LogP contribution in [0.4, 0.5) is 5.13 Å². The first-order chi connectivity index (χ1) is 30.3. The Labute approximate surface area is 367 Å². The van der Waals surface area contributed by atoms with Crippen molar-refractivity contribution in [3.05, 3.63) is 154 Å². The lowest BCUT2D eigenvalue weighted by molar-refractivity contribution is -0.142. The minimum atomic E-state index is -4.47. The van der Waals surface area contributed by atoms with Gasteiger partial charge in [0.25, 0.3) is 10.0 Å². The zero-order chi connectivity index (χ0) is 44.3. The zero-order valence-corrected chi connectivity index (χ0v) is 35.7. The van der Waals surface area contributed by atoms with Crippen LogP contribution in [0.25, 0.3) is 11.1 Å². The third kappa shape index (κ3) is 9.56. The number of nitrogens with zero attached hydrogens (tertiary/aromatic N) is 3. The van der Waals surface area contributed by atoms with Crippen LogP contribution in [0.3, 0.4) is 0 Å². The maximum absolute atomic E-state index is 14.6. The average Bonchev–Trinajstić information content (AvgIpc) is 3.67. The molecule has 0 saturated heterocycles. The number of carboxylic acids is 1. The smallest absolute Gasteiger partial charge is 0.326 e. The van der Waals surface area contributed by atoms with Gasteiger partial charge in [-0.3, -0.25) is 9.59 Å². The van der Waals surface area contributed by atoms with Gasteiger partial charge in [-0.05, 0) is 88.7 Å². The molecule has 2 aliphatic rings. The minimum absolute atomic E-state index is 0.0783. The summed E-state index contributed by atoms with van der Waals surface area (Å²) in [7, 11) is -4.47. The van der Waals surface area contributed by atoms with E-state index in [9.17, 15) is 27.9 Å². The van der Waals surface area contributed by atoms with E-state index >= 15 is 0 Å². The number of amides is 2. The van der Waals surface area contributed by atoms with E-state index in [-0.39, 0.29) is 41.0 Å². The molecule has 8 rings (SSSR count). The predicted octanol–water partition coefficient (Wildman–Crippen LogP) is 6.97. The number of anilines is 1. The number of carboxylic acid groups (broad SMARTS) is 1. The molecule has 0 bridgehead atoms. The highest BCUT2D eigenvalue weighted by atomic mass is 32.2. The molecule has 3 heterocycles.